The Bertz CT molecular complexity index is 357. The van der Waals surface area contributed by atoms with Crippen molar-refractivity contribution < 1.29 is 4.39 Å². The molecule has 0 aliphatic heterocycles. The fourth-order valence-electron chi connectivity index (χ4n) is 0.985. The average Bonchev–Trinajstić information content (AvgIpc) is 2.20. The van der Waals surface area contributed by atoms with E-state index in [0.717, 1.165) is 6.42 Å². The lowest BCUT2D eigenvalue weighted by Gasteiger charge is -2.11. The van der Waals surface area contributed by atoms with Gasteiger partial charge in [0.2, 0.25) is 0 Å². The molecule has 0 aromatic carbocycles. The Morgan fingerprint density at radius 3 is 2.93 bits per heavy atom. The first-order valence-electron chi connectivity index (χ1n) is 4.38. The third-order valence-corrected chi connectivity index (χ3v) is 1.88. The van der Waals surface area contributed by atoms with Gasteiger partial charge in [-0.2, -0.15) is 0 Å². The van der Waals surface area contributed by atoms with E-state index in [1.54, 1.807) is 6.92 Å². The molecule has 0 fully saturated rings. The lowest BCUT2D eigenvalue weighted by atomic mass is 10.2. The van der Waals surface area contributed by atoms with E-state index in [4.69, 9.17) is 6.42 Å². The van der Waals surface area contributed by atoms with Crippen LogP contribution in [0.3, 0.4) is 0 Å². The van der Waals surface area contributed by atoms with Crippen LogP contribution < -0.4 is 5.32 Å². The summed E-state index contributed by atoms with van der Waals surface area (Å²) in [5.41, 5.74) is 0.314. The number of aryl methyl sites for hydroxylation is 1. The van der Waals surface area contributed by atoms with Crippen LogP contribution in [0, 0.1) is 25.1 Å². The Labute approximate surface area is 82.8 Å². The molecule has 1 aromatic rings. The van der Waals surface area contributed by atoms with Gasteiger partial charge in [-0.05, 0) is 13.3 Å². The number of hydrogen-bond donors (Lipinski definition) is 1. The Morgan fingerprint density at radius 1 is 1.64 bits per heavy atom. The molecule has 1 unspecified atom stereocenters. The zero-order chi connectivity index (χ0) is 10.6. The van der Waals surface area contributed by atoms with Crippen LogP contribution in [-0.4, -0.2) is 16.0 Å². The molecule has 0 aliphatic carbocycles. The first-order chi connectivity index (χ1) is 6.69. The van der Waals surface area contributed by atoms with Gasteiger partial charge in [-0.1, -0.05) is 12.8 Å². The summed E-state index contributed by atoms with van der Waals surface area (Å²) < 4.78 is 13.4. The molecule has 0 saturated heterocycles. The first kappa shape index (κ1) is 10.5. The van der Waals surface area contributed by atoms with Crippen molar-refractivity contribution in [3.8, 4) is 12.3 Å². The van der Waals surface area contributed by atoms with Gasteiger partial charge in [-0.15, -0.1) is 6.42 Å². The number of aromatic nitrogens is 2. The summed E-state index contributed by atoms with van der Waals surface area (Å²) in [6.07, 6.45) is 7.27. The topological polar surface area (TPSA) is 37.8 Å². The molecule has 0 saturated carbocycles. The maximum Gasteiger partial charge on any atom is 0.186 e. The van der Waals surface area contributed by atoms with E-state index < -0.39 is 5.82 Å². The van der Waals surface area contributed by atoms with Crippen LogP contribution in [0.25, 0.3) is 0 Å². The highest BCUT2D eigenvalue weighted by Gasteiger charge is 2.10. The molecule has 0 spiro atoms. The van der Waals surface area contributed by atoms with Gasteiger partial charge in [-0.25, -0.2) is 14.4 Å². The van der Waals surface area contributed by atoms with Gasteiger partial charge in [0.1, 0.15) is 6.33 Å². The maximum atomic E-state index is 13.4. The van der Waals surface area contributed by atoms with E-state index in [1.165, 1.54) is 6.33 Å². The SMILES string of the molecule is C#CC(CC)Nc1ncnc(C)c1F. The van der Waals surface area contributed by atoms with Crippen LogP contribution in [0.1, 0.15) is 19.0 Å². The average molecular weight is 193 g/mol. The minimum Gasteiger partial charge on any atom is -0.354 e. The molecule has 0 aliphatic rings. The van der Waals surface area contributed by atoms with Gasteiger partial charge in [0.05, 0.1) is 11.7 Å². The van der Waals surface area contributed by atoms with Crippen molar-refractivity contribution in [1.29, 1.82) is 0 Å². The van der Waals surface area contributed by atoms with Crippen molar-refractivity contribution in [2.45, 2.75) is 26.3 Å². The molecule has 0 radical (unpaired) electrons. The summed E-state index contributed by atoms with van der Waals surface area (Å²) in [6, 6.07) is -0.196. The molecular weight excluding hydrogens is 181 g/mol. The molecule has 3 nitrogen and oxygen atoms in total. The maximum absolute atomic E-state index is 13.4. The fraction of sp³-hybridized carbons (Fsp3) is 0.400. The lowest BCUT2D eigenvalue weighted by Crippen LogP contribution is -2.18. The van der Waals surface area contributed by atoms with E-state index in [2.05, 4.69) is 21.2 Å². The van der Waals surface area contributed by atoms with Crippen LogP contribution in [-0.2, 0) is 0 Å². The van der Waals surface area contributed by atoms with Crippen LogP contribution in [0.5, 0.6) is 0 Å². The first-order valence-corrected chi connectivity index (χ1v) is 4.38. The van der Waals surface area contributed by atoms with E-state index in [9.17, 15) is 4.39 Å². The van der Waals surface area contributed by atoms with Crippen molar-refractivity contribution in [3.05, 3.63) is 17.8 Å². The van der Waals surface area contributed by atoms with E-state index >= 15 is 0 Å². The van der Waals surface area contributed by atoms with Gasteiger partial charge in [0.25, 0.3) is 0 Å². The highest BCUT2D eigenvalue weighted by atomic mass is 19.1. The Hall–Kier alpha value is -1.63. The molecule has 1 N–H and O–H groups in total. The van der Waals surface area contributed by atoms with Crippen molar-refractivity contribution >= 4 is 5.82 Å². The molecule has 1 rings (SSSR count). The number of terminal acetylenes is 1. The smallest absolute Gasteiger partial charge is 0.186 e. The highest BCUT2D eigenvalue weighted by molar-refractivity contribution is 5.39. The van der Waals surface area contributed by atoms with Gasteiger partial charge < -0.3 is 5.32 Å². The molecule has 0 amide bonds. The van der Waals surface area contributed by atoms with Crippen LogP contribution in [0.4, 0.5) is 10.2 Å². The predicted molar refractivity (Wildman–Crippen MR) is 53.3 cm³/mol. The minimum absolute atomic E-state index is 0.169. The summed E-state index contributed by atoms with van der Waals surface area (Å²) in [7, 11) is 0. The summed E-state index contributed by atoms with van der Waals surface area (Å²) in [5.74, 6) is 2.23. The molecule has 1 heterocycles. The zero-order valence-electron chi connectivity index (χ0n) is 8.21. The second-order valence-electron chi connectivity index (χ2n) is 2.89. The summed E-state index contributed by atoms with van der Waals surface area (Å²) in [6.45, 7) is 3.50. The second kappa shape index (κ2) is 4.56. The van der Waals surface area contributed by atoms with Crippen molar-refractivity contribution in [1.82, 2.24) is 9.97 Å². The standard InChI is InChI=1S/C10H12FN3/c1-4-8(5-2)14-10-9(11)7(3)12-6-13-10/h1,6,8H,5H2,2-3H3,(H,12,13,14). The van der Waals surface area contributed by atoms with Gasteiger partial charge in [-0.3, -0.25) is 0 Å². The molecule has 1 aromatic heterocycles. The number of rotatable bonds is 3. The lowest BCUT2D eigenvalue weighted by molar-refractivity contribution is 0.602. The monoisotopic (exact) mass is 193 g/mol. The third kappa shape index (κ3) is 2.19. The van der Waals surface area contributed by atoms with Gasteiger partial charge in [0.15, 0.2) is 11.6 Å². The largest absolute Gasteiger partial charge is 0.354 e. The van der Waals surface area contributed by atoms with Gasteiger partial charge >= 0.3 is 0 Å². The van der Waals surface area contributed by atoms with Crippen LogP contribution >= 0.6 is 0 Å². The van der Waals surface area contributed by atoms with E-state index in [-0.39, 0.29) is 11.9 Å². The van der Waals surface area contributed by atoms with Crippen molar-refractivity contribution in [3.63, 3.8) is 0 Å². The Morgan fingerprint density at radius 2 is 2.36 bits per heavy atom. The number of nitrogens with one attached hydrogen (secondary N) is 1. The van der Waals surface area contributed by atoms with Crippen LogP contribution in [0.15, 0.2) is 6.33 Å². The molecular formula is C10H12FN3. The quantitative estimate of drug-likeness (QED) is 0.743. The van der Waals surface area contributed by atoms with Crippen molar-refractivity contribution in [2.24, 2.45) is 0 Å². The second-order valence-corrected chi connectivity index (χ2v) is 2.89. The molecule has 74 valence electrons. The van der Waals surface area contributed by atoms with Crippen LogP contribution in [0.2, 0.25) is 0 Å². The number of nitrogens with zero attached hydrogens (tertiary/aromatic N) is 2. The highest BCUT2D eigenvalue weighted by Crippen LogP contribution is 2.13. The predicted octanol–water partition coefficient (Wildman–Crippen LogP) is 1.75. The Balaban J connectivity index is 2.87. The fourth-order valence-corrected chi connectivity index (χ4v) is 0.985. The number of anilines is 1. The Kier molecular flexibility index (Phi) is 3.41. The summed E-state index contributed by atoms with van der Waals surface area (Å²) >= 11 is 0. The zero-order valence-corrected chi connectivity index (χ0v) is 8.21. The summed E-state index contributed by atoms with van der Waals surface area (Å²) in [5, 5.41) is 2.83. The molecule has 0 bridgehead atoms. The minimum atomic E-state index is -0.443. The molecule has 1 atom stereocenters. The number of hydrogen-bond acceptors (Lipinski definition) is 3. The van der Waals surface area contributed by atoms with Crippen molar-refractivity contribution in [2.75, 3.05) is 5.32 Å². The number of halogens is 1. The normalized spacial score (nSPS) is 11.9. The third-order valence-electron chi connectivity index (χ3n) is 1.88. The summed E-state index contributed by atoms with van der Waals surface area (Å²) in [4.78, 5) is 7.50. The van der Waals surface area contributed by atoms with E-state index in [1.807, 2.05) is 6.92 Å². The molecule has 14 heavy (non-hydrogen) atoms. The van der Waals surface area contributed by atoms with Gasteiger partial charge in [0, 0.05) is 0 Å². The molecule has 4 heteroatoms. The van der Waals surface area contributed by atoms with E-state index in [0.29, 0.717) is 5.69 Å².